The van der Waals surface area contributed by atoms with Crippen LogP contribution in [0.25, 0.3) is 0 Å². The lowest BCUT2D eigenvalue weighted by Gasteiger charge is -2.16. The molecule has 108 valence electrons. The van der Waals surface area contributed by atoms with Crippen LogP contribution in [-0.2, 0) is 10.0 Å². The number of nitrogens with two attached hydrogens (primary N) is 1. The maximum absolute atomic E-state index is 12.4. The SMILES string of the molecule is CCC(NS(=O)(=O)c1ccc(Br)cc1N)c1ncc[nH]1. The van der Waals surface area contributed by atoms with Gasteiger partial charge in [-0.15, -0.1) is 0 Å². The minimum atomic E-state index is -3.70. The van der Waals surface area contributed by atoms with E-state index >= 15 is 0 Å². The number of benzene rings is 1. The van der Waals surface area contributed by atoms with E-state index in [2.05, 4.69) is 30.6 Å². The Kier molecular flexibility index (Phi) is 4.46. The number of nitrogens with one attached hydrogen (secondary N) is 2. The van der Waals surface area contributed by atoms with Crippen molar-refractivity contribution < 1.29 is 8.42 Å². The fourth-order valence-electron chi connectivity index (χ4n) is 1.82. The molecule has 0 radical (unpaired) electrons. The first-order valence-corrected chi connectivity index (χ1v) is 8.28. The highest BCUT2D eigenvalue weighted by molar-refractivity contribution is 9.10. The summed E-state index contributed by atoms with van der Waals surface area (Å²) in [6.45, 7) is 1.88. The predicted molar refractivity (Wildman–Crippen MR) is 80.5 cm³/mol. The third-order valence-corrected chi connectivity index (χ3v) is 4.86. The summed E-state index contributed by atoms with van der Waals surface area (Å²) in [4.78, 5) is 7.05. The summed E-state index contributed by atoms with van der Waals surface area (Å²) in [6, 6.07) is 4.25. The fraction of sp³-hybridized carbons (Fsp3) is 0.250. The van der Waals surface area contributed by atoms with Crippen molar-refractivity contribution in [2.75, 3.05) is 5.73 Å². The van der Waals surface area contributed by atoms with Crippen LogP contribution in [-0.4, -0.2) is 18.4 Å². The van der Waals surface area contributed by atoms with Crippen molar-refractivity contribution in [3.8, 4) is 0 Å². The van der Waals surface area contributed by atoms with Crippen molar-refractivity contribution in [1.29, 1.82) is 0 Å². The third-order valence-electron chi connectivity index (χ3n) is 2.82. The van der Waals surface area contributed by atoms with Gasteiger partial charge in [-0.2, -0.15) is 0 Å². The summed E-state index contributed by atoms with van der Waals surface area (Å²) in [6.07, 6.45) is 3.81. The number of hydrogen-bond acceptors (Lipinski definition) is 4. The van der Waals surface area contributed by atoms with E-state index in [1.165, 1.54) is 6.07 Å². The Balaban J connectivity index is 2.31. The number of halogens is 1. The normalized spacial score (nSPS) is 13.3. The fourth-order valence-corrected chi connectivity index (χ4v) is 3.59. The number of imidazole rings is 1. The van der Waals surface area contributed by atoms with Crippen molar-refractivity contribution in [3.05, 3.63) is 40.9 Å². The lowest BCUT2D eigenvalue weighted by molar-refractivity contribution is 0.539. The van der Waals surface area contributed by atoms with Crippen LogP contribution in [0.3, 0.4) is 0 Å². The monoisotopic (exact) mass is 358 g/mol. The average Bonchev–Trinajstić information content (AvgIpc) is 2.89. The summed E-state index contributed by atoms with van der Waals surface area (Å²) in [5.74, 6) is 0.576. The maximum Gasteiger partial charge on any atom is 0.243 e. The van der Waals surface area contributed by atoms with Gasteiger partial charge in [-0.25, -0.2) is 18.1 Å². The molecule has 1 aromatic carbocycles. The standard InChI is InChI=1S/C12H15BrN4O2S/c1-2-10(12-15-5-6-16-12)17-20(18,19)11-4-3-8(13)7-9(11)14/h3-7,10,17H,2,14H2,1H3,(H,15,16). The van der Waals surface area contributed by atoms with Crippen molar-refractivity contribution in [2.45, 2.75) is 24.3 Å². The number of H-pyrrole nitrogens is 1. The second kappa shape index (κ2) is 5.94. The van der Waals surface area contributed by atoms with Crippen LogP contribution in [0.1, 0.15) is 25.2 Å². The molecule has 0 aliphatic rings. The first-order chi connectivity index (χ1) is 9.44. The van der Waals surface area contributed by atoms with Gasteiger partial charge in [0.2, 0.25) is 10.0 Å². The number of sulfonamides is 1. The number of nitrogens with zero attached hydrogens (tertiary/aromatic N) is 1. The number of hydrogen-bond donors (Lipinski definition) is 3. The summed E-state index contributed by atoms with van der Waals surface area (Å²) < 4.78 is 28.1. The molecular formula is C12H15BrN4O2S. The van der Waals surface area contributed by atoms with Crippen molar-refractivity contribution in [2.24, 2.45) is 0 Å². The molecule has 0 aliphatic carbocycles. The van der Waals surface area contributed by atoms with E-state index in [0.29, 0.717) is 12.2 Å². The highest BCUT2D eigenvalue weighted by Crippen LogP contribution is 2.24. The van der Waals surface area contributed by atoms with Crippen LogP contribution in [0.15, 0.2) is 40.0 Å². The maximum atomic E-state index is 12.4. The third kappa shape index (κ3) is 3.20. The Bertz CT molecular complexity index is 685. The molecule has 0 saturated heterocycles. The second-order valence-corrected chi connectivity index (χ2v) is 6.84. The summed E-state index contributed by atoms with van der Waals surface area (Å²) in [5.41, 5.74) is 5.97. The van der Waals surface area contributed by atoms with Gasteiger partial charge < -0.3 is 10.7 Å². The summed E-state index contributed by atoms with van der Waals surface area (Å²) >= 11 is 3.25. The molecule has 0 aliphatic heterocycles. The topological polar surface area (TPSA) is 101 Å². The molecule has 0 saturated carbocycles. The molecule has 1 atom stereocenters. The Morgan fingerprint density at radius 1 is 1.50 bits per heavy atom. The largest absolute Gasteiger partial charge is 0.398 e. The molecule has 8 heteroatoms. The van der Waals surface area contributed by atoms with E-state index in [-0.39, 0.29) is 10.6 Å². The van der Waals surface area contributed by atoms with Gasteiger partial charge in [0.05, 0.1) is 11.7 Å². The minimum Gasteiger partial charge on any atom is -0.398 e. The number of aromatic amines is 1. The Morgan fingerprint density at radius 3 is 2.80 bits per heavy atom. The van der Waals surface area contributed by atoms with Crippen LogP contribution < -0.4 is 10.5 Å². The van der Waals surface area contributed by atoms with Crippen LogP contribution in [0.4, 0.5) is 5.69 Å². The molecular weight excluding hydrogens is 344 g/mol. The Morgan fingerprint density at radius 2 is 2.25 bits per heavy atom. The number of aromatic nitrogens is 2. The van der Waals surface area contributed by atoms with E-state index in [9.17, 15) is 8.42 Å². The highest BCUT2D eigenvalue weighted by atomic mass is 79.9. The molecule has 0 spiro atoms. The zero-order chi connectivity index (χ0) is 14.8. The van der Waals surface area contributed by atoms with Gasteiger partial charge in [-0.1, -0.05) is 22.9 Å². The molecule has 6 nitrogen and oxygen atoms in total. The molecule has 20 heavy (non-hydrogen) atoms. The van der Waals surface area contributed by atoms with Crippen LogP contribution in [0.5, 0.6) is 0 Å². The quantitative estimate of drug-likeness (QED) is 0.713. The predicted octanol–water partition coefficient (Wildman–Crippen LogP) is 2.18. The van der Waals surface area contributed by atoms with E-state index in [1.54, 1.807) is 24.5 Å². The van der Waals surface area contributed by atoms with E-state index < -0.39 is 16.1 Å². The van der Waals surface area contributed by atoms with Crippen LogP contribution >= 0.6 is 15.9 Å². The van der Waals surface area contributed by atoms with Gasteiger partial charge in [0.25, 0.3) is 0 Å². The van der Waals surface area contributed by atoms with Gasteiger partial charge in [0.1, 0.15) is 10.7 Å². The van der Waals surface area contributed by atoms with E-state index in [4.69, 9.17) is 5.73 Å². The Hall–Kier alpha value is -1.38. The average molecular weight is 359 g/mol. The van der Waals surface area contributed by atoms with Crippen LogP contribution in [0, 0.1) is 0 Å². The lowest BCUT2D eigenvalue weighted by atomic mass is 10.2. The smallest absolute Gasteiger partial charge is 0.243 e. The van der Waals surface area contributed by atoms with Gasteiger partial charge in [0, 0.05) is 16.9 Å². The van der Waals surface area contributed by atoms with E-state index in [1.807, 2.05) is 6.92 Å². The molecule has 4 N–H and O–H groups in total. The number of rotatable bonds is 5. The summed E-state index contributed by atoms with van der Waals surface area (Å²) in [5, 5.41) is 0. The zero-order valence-electron chi connectivity index (χ0n) is 10.8. The van der Waals surface area contributed by atoms with Gasteiger partial charge >= 0.3 is 0 Å². The van der Waals surface area contributed by atoms with Crippen molar-refractivity contribution in [3.63, 3.8) is 0 Å². The number of nitrogen functional groups attached to an aromatic ring is 1. The molecule has 2 rings (SSSR count). The second-order valence-electron chi connectivity index (χ2n) is 4.24. The first kappa shape index (κ1) is 15.0. The van der Waals surface area contributed by atoms with E-state index in [0.717, 1.165) is 4.47 Å². The lowest BCUT2D eigenvalue weighted by Crippen LogP contribution is -2.29. The minimum absolute atomic E-state index is 0.0608. The van der Waals surface area contributed by atoms with Crippen LogP contribution in [0.2, 0.25) is 0 Å². The zero-order valence-corrected chi connectivity index (χ0v) is 13.2. The molecule has 0 amide bonds. The van der Waals surface area contributed by atoms with Gasteiger partial charge in [-0.05, 0) is 24.6 Å². The molecule has 0 bridgehead atoms. The Labute approximate surface area is 126 Å². The summed E-state index contributed by atoms with van der Waals surface area (Å²) in [7, 11) is -3.70. The number of anilines is 1. The molecule has 1 unspecified atom stereocenters. The molecule has 1 aromatic heterocycles. The molecule has 0 fully saturated rings. The van der Waals surface area contributed by atoms with Crippen molar-refractivity contribution >= 4 is 31.6 Å². The molecule has 2 aromatic rings. The molecule has 1 heterocycles. The van der Waals surface area contributed by atoms with Gasteiger partial charge in [-0.3, -0.25) is 0 Å². The highest BCUT2D eigenvalue weighted by Gasteiger charge is 2.23. The van der Waals surface area contributed by atoms with Gasteiger partial charge in [0.15, 0.2) is 0 Å². The van der Waals surface area contributed by atoms with Crippen molar-refractivity contribution in [1.82, 2.24) is 14.7 Å². The first-order valence-electron chi connectivity index (χ1n) is 6.00.